The summed E-state index contributed by atoms with van der Waals surface area (Å²) < 4.78 is 60.2. The van der Waals surface area contributed by atoms with E-state index in [2.05, 4.69) is 161 Å². The van der Waals surface area contributed by atoms with Gasteiger partial charge in [0.25, 0.3) is 0 Å². The number of hydrogen-bond acceptors (Lipinski definition) is 8. The van der Waals surface area contributed by atoms with Crippen molar-refractivity contribution in [1.82, 2.24) is 0 Å². The molecule has 0 N–H and O–H groups in total. The first-order valence-electron chi connectivity index (χ1n) is 46.6. The predicted molar refractivity (Wildman–Crippen MR) is 477 cm³/mol. The van der Waals surface area contributed by atoms with Gasteiger partial charge in [-0.3, -0.25) is 0 Å². The highest BCUT2D eigenvalue weighted by atomic mass is 16.5. The molecule has 4 aromatic rings. The van der Waals surface area contributed by atoms with Crippen molar-refractivity contribution in [2.45, 2.75) is 337 Å². The van der Waals surface area contributed by atoms with E-state index in [1.807, 2.05) is 0 Å². The van der Waals surface area contributed by atoms with Crippen LogP contribution in [0.1, 0.15) is 351 Å². The van der Waals surface area contributed by atoms with Crippen molar-refractivity contribution in [3.05, 3.63) is 115 Å². The zero-order valence-electron chi connectivity index (χ0n) is 76.1. The summed E-state index contributed by atoms with van der Waals surface area (Å²) in [6.45, 7) is 21.5. The highest BCUT2D eigenvalue weighted by Crippen LogP contribution is 2.42. The Morgan fingerprint density at radius 1 is 0.196 bits per heavy atom. The maximum Gasteiger partial charge on any atom is 0.126 e. The van der Waals surface area contributed by atoms with Crippen molar-refractivity contribution in [2.75, 3.05) is 164 Å². The number of quaternary nitrogens is 4. The molecular weight excluding hydrogens is 1390 g/mol. The van der Waals surface area contributed by atoms with Crippen molar-refractivity contribution >= 4 is 0 Å². The fourth-order valence-corrected chi connectivity index (χ4v) is 15.9. The maximum absolute atomic E-state index is 7.20. The largest absolute Gasteiger partial charge is 0.493 e. The molecular formula is C100H176N4O8+4. The van der Waals surface area contributed by atoms with Crippen LogP contribution in [0, 0.1) is 0 Å². The van der Waals surface area contributed by atoms with Gasteiger partial charge >= 0.3 is 0 Å². The van der Waals surface area contributed by atoms with Crippen LogP contribution in [-0.4, -0.2) is 182 Å². The molecule has 0 spiro atoms. The summed E-state index contributed by atoms with van der Waals surface area (Å²) in [5.41, 5.74) is 14.0. The third-order valence-electron chi connectivity index (χ3n) is 22.1. The van der Waals surface area contributed by atoms with E-state index in [-0.39, 0.29) is 0 Å². The third kappa shape index (κ3) is 45.5. The van der Waals surface area contributed by atoms with Crippen LogP contribution >= 0.6 is 0 Å². The van der Waals surface area contributed by atoms with Gasteiger partial charge in [-0.1, -0.05) is 182 Å². The third-order valence-corrected chi connectivity index (χ3v) is 22.1. The normalized spacial score (nSPS) is 12.9. The smallest absolute Gasteiger partial charge is 0.126 e. The Kier molecular flexibility index (Phi) is 50.7. The summed E-state index contributed by atoms with van der Waals surface area (Å²) in [5, 5.41) is 0. The lowest BCUT2D eigenvalue weighted by Gasteiger charge is -2.25. The molecule has 12 heteroatoms. The van der Waals surface area contributed by atoms with Crippen molar-refractivity contribution in [2.24, 2.45) is 0 Å². The molecule has 0 saturated heterocycles. The summed E-state index contributed by atoms with van der Waals surface area (Å²) in [7, 11) is 27.7. The summed E-state index contributed by atoms with van der Waals surface area (Å²) in [6.07, 6.45) is 52.3. The van der Waals surface area contributed by atoms with Gasteiger partial charge in [0, 0.05) is 52.1 Å². The second-order valence-electron chi connectivity index (χ2n) is 38.1. The summed E-state index contributed by atoms with van der Waals surface area (Å²) in [4.78, 5) is 0. The van der Waals surface area contributed by atoms with Crippen molar-refractivity contribution < 1.29 is 55.8 Å². The molecule has 1 aliphatic rings. The van der Waals surface area contributed by atoms with E-state index in [9.17, 15) is 0 Å². The Morgan fingerprint density at radius 2 is 0.339 bits per heavy atom. The number of unbranched alkanes of at least 4 members (excludes halogenated alkanes) is 32. The number of nitrogens with zero attached hydrogens (tertiary/aromatic N) is 4. The summed E-state index contributed by atoms with van der Waals surface area (Å²) in [6, 6.07) is 19.2. The average Bonchev–Trinajstić information content (AvgIpc) is 0.774. The molecule has 5 rings (SSSR count). The first kappa shape index (κ1) is 98.3. The van der Waals surface area contributed by atoms with Crippen molar-refractivity contribution in [1.29, 1.82) is 0 Å². The zero-order valence-corrected chi connectivity index (χ0v) is 76.1. The topological polar surface area (TPSA) is 73.8 Å². The molecule has 0 aliphatic heterocycles. The number of ether oxygens (including phenoxy) is 8. The van der Waals surface area contributed by atoms with E-state index in [1.54, 1.807) is 0 Å². The van der Waals surface area contributed by atoms with Gasteiger partial charge in [-0.15, -0.1) is 0 Å². The quantitative estimate of drug-likeness (QED) is 0.0282. The Morgan fingerprint density at radius 3 is 0.482 bits per heavy atom. The van der Waals surface area contributed by atoms with Gasteiger partial charge in [-0.25, -0.2) is 0 Å². The van der Waals surface area contributed by atoms with E-state index in [0.29, 0.717) is 78.5 Å². The minimum atomic E-state index is 0.533. The molecule has 0 heterocycles. The SMILES string of the molecule is CCCOc1c2cc(COCCCCCCCCCCC[N+](C)(C)C)cc1Cc1cc(COCCCCCCCCCCC[N+](C)(C)C)cc(c1OCCC)Cc1cc(COCCCCCCCCCCC[N+](C)(C)C)cc(c1OCCC)Cc1cc(COCCCCCCCCCCC[N+](C)(C)C)cc(c1OCCC)C2. The molecule has 0 radical (unpaired) electrons. The number of benzene rings is 4. The van der Waals surface area contributed by atoms with Crippen LogP contribution in [0.5, 0.6) is 23.0 Å². The highest BCUT2D eigenvalue weighted by Gasteiger charge is 2.26. The van der Waals surface area contributed by atoms with Gasteiger partial charge in [0.1, 0.15) is 23.0 Å². The number of hydrogen-bond donors (Lipinski definition) is 0. The molecule has 0 fully saturated rings. The zero-order chi connectivity index (χ0) is 81.0. The van der Waals surface area contributed by atoms with Gasteiger partial charge in [0.2, 0.25) is 0 Å². The van der Waals surface area contributed by atoms with E-state index in [4.69, 9.17) is 37.9 Å². The standard InChI is InChI=1S/C100H176N4O8/c1-17-61-109-97-89-69-85(81-105-65-53-45-37-29-21-25-33-41-49-57-101(5,6)7)70-90(97)78-92-72-87(83-107-67-55-47-39-31-23-27-35-43-51-59-103(11,12)13)74-94(99(92)111-63-19-3)80-96-76-88(84-108-68-56-48-40-32-24-28-36-44-52-60-104(14,15)16)75-95(100(96)112-64-20-4)79-93-73-86(71-91(77-89)98(93)110-62-18-2)82-106-66-54-46-38-30-22-26-34-42-50-58-102(8,9)10/h69-76H,17-68,77-84H2,1-16H3/q+4. The van der Waals surface area contributed by atoms with Gasteiger partial charge < -0.3 is 55.8 Å². The minimum absolute atomic E-state index is 0.533. The molecule has 0 amide bonds. The van der Waals surface area contributed by atoms with E-state index in [0.717, 1.165) is 163 Å². The summed E-state index contributed by atoms with van der Waals surface area (Å²) >= 11 is 0. The molecule has 0 atom stereocenters. The Balaban J connectivity index is 1.56. The van der Waals surface area contributed by atoms with Gasteiger partial charge in [0.15, 0.2) is 0 Å². The first-order chi connectivity index (χ1) is 54.0. The lowest BCUT2D eigenvalue weighted by atomic mass is 9.88. The molecule has 0 aromatic heterocycles. The molecule has 4 aromatic carbocycles. The molecule has 0 unspecified atom stereocenters. The highest BCUT2D eigenvalue weighted by molar-refractivity contribution is 5.58. The van der Waals surface area contributed by atoms with Crippen LogP contribution in [0.4, 0.5) is 0 Å². The van der Waals surface area contributed by atoms with Crippen LogP contribution in [0.25, 0.3) is 0 Å². The van der Waals surface area contributed by atoms with Crippen LogP contribution in [0.15, 0.2) is 48.5 Å². The fraction of sp³-hybridized carbons (Fsp3) is 0.760. The first-order valence-corrected chi connectivity index (χ1v) is 46.6. The predicted octanol–water partition coefficient (Wildman–Crippen LogP) is 24.5. The second kappa shape index (κ2) is 57.8. The van der Waals surface area contributed by atoms with Crippen molar-refractivity contribution in [3.63, 3.8) is 0 Å². The monoisotopic (exact) mass is 1560 g/mol. The number of rotatable bonds is 68. The minimum Gasteiger partial charge on any atom is -0.493 e. The van der Waals surface area contributed by atoms with Gasteiger partial charge in [0.05, 0.1) is 164 Å². The Labute approximate surface area is 690 Å². The van der Waals surface area contributed by atoms with Crippen LogP contribution in [-0.2, 0) is 71.1 Å². The van der Waals surface area contributed by atoms with Gasteiger partial charge in [-0.2, -0.15) is 0 Å². The van der Waals surface area contributed by atoms with Crippen LogP contribution in [0.3, 0.4) is 0 Å². The van der Waals surface area contributed by atoms with Crippen molar-refractivity contribution in [3.8, 4) is 23.0 Å². The number of fused-ring (bicyclic) bond motifs is 8. The molecule has 112 heavy (non-hydrogen) atoms. The van der Waals surface area contributed by atoms with E-state index >= 15 is 0 Å². The molecule has 1 aliphatic carbocycles. The molecule has 0 saturated carbocycles. The van der Waals surface area contributed by atoms with E-state index in [1.165, 1.54) is 254 Å². The molecule has 640 valence electrons. The molecule has 8 bridgehead atoms. The van der Waals surface area contributed by atoms with Gasteiger partial charge in [-0.05, 0) is 218 Å². The Bertz CT molecular complexity index is 2560. The lowest BCUT2D eigenvalue weighted by Crippen LogP contribution is -2.35. The van der Waals surface area contributed by atoms with Crippen LogP contribution < -0.4 is 18.9 Å². The fourth-order valence-electron chi connectivity index (χ4n) is 15.9. The second-order valence-corrected chi connectivity index (χ2v) is 38.1. The van der Waals surface area contributed by atoms with Crippen LogP contribution in [0.2, 0.25) is 0 Å². The maximum atomic E-state index is 7.20. The average molecular weight is 1560 g/mol. The Hall–Kier alpha value is -4.24. The van der Waals surface area contributed by atoms with E-state index < -0.39 is 0 Å². The molecule has 12 nitrogen and oxygen atoms in total. The lowest BCUT2D eigenvalue weighted by molar-refractivity contribution is -0.870. The summed E-state index contributed by atoms with van der Waals surface area (Å²) in [5.74, 6) is 3.84.